The Balaban J connectivity index is 2.92. The first kappa shape index (κ1) is 9.03. The zero-order valence-corrected chi connectivity index (χ0v) is 9.76. The molecule has 0 aliphatic carbocycles. The Labute approximate surface area is 92.6 Å². The van der Waals surface area contributed by atoms with Crippen LogP contribution in [0.25, 0.3) is 10.8 Å². The van der Waals surface area contributed by atoms with E-state index in [-0.39, 0.29) is 5.75 Å². The molecule has 0 aromatic heterocycles. The number of phenols is 1. The van der Waals surface area contributed by atoms with Crippen molar-refractivity contribution in [1.82, 2.24) is 0 Å². The first-order chi connectivity index (χ1) is 6.18. The molecule has 13 heavy (non-hydrogen) atoms. The molecule has 0 atom stereocenters. The number of halogens is 2. The lowest BCUT2D eigenvalue weighted by Gasteiger charge is -2.03. The minimum absolute atomic E-state index is 0.284. The van der Waals surface area contributed by atoms with E-state index < -0.39 is 0 Å². The summed E-state index contributed by atoms with van der Waals surface area (Å²) in [6.07, 6.45) is 0. The van der Waals surface area contributed by atoms with Crippen molar-refractivity contribution in [3.8, 4) is 5.75 Å². The van der Waals surface area contributed by atoms with E-state index >= 15 is 0 Å². The van der Waals surface area contributed by atoms with Gasteiger partial charge in [-0.3, -0.25) is 0 Å². The van der Waals surface area contributed by atoms with Gasteiger partial charge in [-0.25, -0.2) is 0 Å². The van der Waals surface area contributed by atoms with E-state index in [2.05, 4.69) is 31.9 Å². The van der Waals surface area contributed by atoms with Crippen molar-refractivity contribution in [2.24, 2.45) is 0 Å². The number of aromatic hydroxyl groups is 1. The van der Waals surface area contributed by atoms with Crippen molar-refractivity contribution in [2.75, 3.05) is 0 Å². The molecule has 2 rings (SSSR count). The summed E-state index contributed by atoms with van der Waals surface area (Å²) in [5.74, 6) is 0.284. The number of phenolic OH excluding ortho intramolecular Hbond substituents is 1. The fraction of sp³-hybridized carbons (Fsp3) is 0. The van der Waals surface area contributed by atoms with Gasteiger partial charge in [0.15, 0.2) is 0 Å². The van der Waals surface area contributed by atoms with Crippen LogP contribution in [0, 0.1) is 0 Å². The number of hydrogen-bond donors (Lipinski definition) is 1. The van der Waals surface area contributed by atoms with Crippen LogP contribution in [0.15, 0.2) is 39.3 Å². The third kappa shape index (κ3) is 1.58. The van der Waals surface area contributed by atoms with E-state index in [1.165, 1.54) is 0 Å². The average Bonchev–Trinajstić information content (AvgIpc) is 2.12. The maximum atomic E-state index is 9.31. The van der Waals surface area contributed by atoms with E-state index in [0.29, 0.717) is 0 Å². The normalized spacial score (nSPS) is 10.6. The van der Waals surface area contributed by atoms with Crippen LogP contribution in [-0.4, -0.2) is 5.11 Å². The first-order valence-electron chi connectivity index (χ1n) is 3.75. The molecule has 0 spiro atoms. The summed E-state index contributed by atoms with van der Waals surface area (Å²) in [6.45, 7) is 0. The molecule has 0 aliphatic rings. The summed E-state index contributed by atoms with van der Waals surface area (Å²) in [4.78, 5) is 0. The second-order valence-corrected chi connectivity index (χ2v) is 4.47. The SMILES string of the molecule is Oc1ccc2c(Br)ccc(Br)c2c1. The number of hydrogen-bond acceptors (Lipinski definition) is 1. The van der Waals surface area contributed by atoms with E-state index in [9.17, 15) is 5.11 Å². The molecule has 66 valence electrons. The molecule has 0 bridgehead atoms. The minimum Gasteiger partial charge on any atom is -0.508 e. The highest BCUT2D eigenvalue weighted by atomic mass is 79.9. The van der Waals surface area contributed by atoms with Gasteiger partial charge in [0.05, 0.1) is 0 Å². The fourth-order valence-electron chi connectivity index (χ4n) is 1.26. The van der Waals surface area contributed by atoms with Crippen LogP contribution in [-0.2, 0) is 0 Å². The molecule has 3 heteroatoms. The molecule has 1 nitrogen and oxygen atoms in total. The van der Waals surface area contributed by atoms with Crippen LogP contribution in [0.2, 0.25) is 0 Å². The number of rotatable bonds is 0. The Hall–Kier alpha value is -0.540. The molecule has 0 unspecified atom stereocenters. The Morgan fingerprint density at radius 3 is 2.15 bits per heavy atom. The van der Waals surface area contributed by atoms with Gasteiger partial charge >= 0.3 is 0 Å². The van der Waals surface area contributed by atoms with Crippen LogP contribution >= 0.6 is 31.9 Å². The van der Waals surface area contributed by atoms with Crippen molar-refractivity contribution in [3.63, 3.8) is 0 Å². The fourth-order valence-corrected chi connectivity index (χ4v) is 2.20. The van der Waals surface area contributed by atoms with Gasteiger partial charge in [-0.05, 0) is 35.7 Å². The molecule has 0 heterocycles. The van der Waals surface area contributed by atoms with Crippen molar-refractivity contribution in [2.45, 2.75) is 0 Å². The Bertz CT molecular complexity index is 466. The largest absolute Gasteiger partial charge is 0.508 e. The average molecular weight is 302 g/mol. The van der Waals surface area contributed by atoms with Gasteiger partial charge in [-0.2, -0.15) is 0 Å². The van der Waals surface area contributed by atoms with Gasteiger partial charge < -0.3 is 5.11 Å². The number of fused-ring (bicyclic) bond motifs is 1. The summed E-state index contributed by atoms with van der Waals surface area (Å²) in [5, 5.41) is 11.4. The van der Waals surface area contributed by atoms with Gasteiger partial charge in [0.1, 0.15) is 5.75 Å². The predicted octanol–water partition coefficient (Wildman–Crippen LogP) is 4.07. The molecule has 0 aliphatic heterocycles. The zero-order valence-electron chi connectivity index (χ0n) is 6.59. The zero-order chi connectivity index (χ0) is 9.42. The Morgan fingerprint density at radius 2 is 1.46 bits per heavy atom. The monoisotopic (exact) mass is 300 g/mol. The smallest absolute Gasteiger partial charge is 0.116 e. The van der Waals surface area contributed by atoms with Crippen molar-refractivity contribution >= 4 is 42.6 Å². The second kappa shape index (κ2) is 3.31. The van der Waals surface area contributed by atoms with E-state index in [1.807, 2.05) is 18.2 Å². The van der Waals surface area contributed by atoms with E-state index in [4.69, 9.17) is 0 Å². The van der Waals surface area contributed by atoms with Gasteiger partial charge in [0.25, 0.3) is 0 Å². The van der Waals surface area contributed by atoms with E-state index in [1.54, 1.807) is 12.1 Å². The quantitative estimate of drug-likeness (QED) is 0.778. The molecule has 0 amide bonds. The van der Waals surface area contributed by atoms with Gasteiger partial charge in [0, 0.05) is 14.3 Å². The van der Waals surface area contributed by atoms with Crippen molar-refractivity contribution in [1.29, 1.82) is 0 Å². The van der Waals surface area contributed by atoms with E-state index in [0.717, 1.165) is 19.7 Å². The highest BCUT2D eigenvalue weighted by molar-refractivity contribution is 9.11. The lowest BCUT2D eigenvalue weighted by atomic mass is 10.1. The van der Waals surface area contributed by atoms with Crippen LogP contribution in [0.5, 0.6) is 5.75 Å². The minimum atomic E-state index is 0.284. The Kier molecular flexibility index (Phi) is 2.30. The maximum absolute atomic E-state index is 9.31. The predicted molar refractivity (Wildman–Crippen MR) is 61.0 cm³/mol. The Morgan fingerprint density at radius 1 is 0.846 bits per heavy atom. The maximum Gasteiger partial charge on any atom is 0.116 e. The molecular weight excluding hydrogens is 296 g/mol. The molecular formula is C10H6Br2O. The molecule has 0 saturated heterocycles. The molecule has 2 aromatic rings. The topological polar surface area (TPSA) is 20.2 Å². The van der Waals surface area contributed by atoms with Crippen molar-refractivity contribution in [3.05, 3.63) is 39.3 Å². The summed E-state index contributed by atoms with van der Waals surface area (Å²) >= 11 is 6.89. The van der Waals surface area contributed by atoms with Gasteiger partial charge in [0.2, 0.25) is 0 Å². The van der Waals surface area contributed by atoms with Crippen LogP contribution < -0.4 is 0 Å². The highest BCUT2D eigenvalue weighted by Crippen LogP contribution is 2.32. The summed E-state index contributed by atoms with van der Waals surface area (Å²) in [6, 6.07) is 9.23. The van der Waals surface area contributed by atoms with Crippen molar-refractivity contribution < 1.29 is 5.11 Å². The van der Waals surface area contributed by atoms with Crippen LogP contribution in [0.1, 0.15) is 0 Å². The molecule has 0 radical (unpaired) electrons. The third-order valence-corrected chi connectivity index (χ3v) is 3.28. The second-order valence-electron chi connectivity index (χ2n) is 2.76. The molecule has 2 aromatic carbocycles. The first-order valence-corrected chi connectivity index (χ1v) is 5.34. The molecule has 0 saturated carbocycles. The summed E-state index contributed by atoms with van der Waals surface area (Å²) in [7, 11) is 0. The molecule has 0 fully saturated rings. The lowest BCUT2D eigenvalue weighted by molar-refractivity contribution is 0.476. The van der Waals surface area contributed by atoms with Crippen LogP contribution in [0.3, 0.4) is 0 Å². The highest BCUT2D eigenvalue weighted by Gasteiger charge is 2.02. The third-order valence-electron chi connectivity index (χ3n) is 1.89. The molecule has 1 N–H and O–H groups in total. The standard InChI is InChI=1S/C10H6Br2O/c11-9-3-4-10(12)8-5-6(13)1-2-7(8)9/h1-5,13H. The van der Waals surface area contributed by atoms with Gasteiger partial charge in [-0.1, -0.05) is 31.9 Å². The van der Waals surface area contributed by atoms with Crippen LogP contribution in [0.4, 0.5) is 0 Å². The summed E-state index contributed by atoms with van der Waals surface area (Å²) in [5.41, 5.74) is 0. The lowest BCUT2D eigenvalue weighted by Crippen LogP contribution is -1.76. The van der Waals surface area contributed by atoms with Gasteiger partial charge in [-0.15, -0.1) is 0 Å². The number of benzene rings is 2. The summed E-state index contributed by atoms with van der Waals surface area (Å²) < 4.78 is 2.02.